The van der Waals surface area contributed by atoms with Gasteiger partial charge in [-0.1, -0.05) is 13.8 Å². The van der Waals surface area contributed by atoms with E-state index >= 15 is 0 Å². The second-order valence-corrected chi connectivity index (χ2v) is 4.74. The summed E-state index contributed by atoms with van der Waals surface area (Å²) in [4.78, 5) is 11.8. The zero-order chi connectivity index (χ0) is 13.0. The van der Waals surface area contributed by atoms with Gasteiger partial charge in [0.1, 0.15) is 11.5 Å². The number of hydrogen-bond donors (Lipinski definition) is 3. The van der Waals surface area contributed by atoms with Crippen LogP contribution in [0.1, 0.15) is 37.6 Å². The Morgan fingerprint density at radius 2 is 1.71 bits per heavy atom. The van der Waals surface area contributed by atoms with Crippen molar-refractivity contribution in [3.63, 3.8) is 0 Å². The summed E-state index contributed by atoms with van der Waals surface area (Å²) in [7, 11) is 0. The van der Waals surface area contributed by atoms with E-state index in [1.54, 1.807) is 0 Å². The summed E-state index contributed by atoms with van der Waals surface area (Å²) in [5.41, 5.74) is 0.262. The molecule has 1 amide bonds. The molecule has 0 heterocycles. The van der Waals surface area contributed by atoms with Crippen LogP contribution in [0.25, 0.3) is 0 Å². The third-order valence-electron chi connectivity index (χ3n) is 2.37. The molecule has 17 heavy (non-hydrogen) atoms. The summed E-state index contributed by atoms with van der Waals surface area (Å²) in [6.07, 6.45) is 0.885. The van der Waals surface area contributed by atoms with Gasteiger partial charge in [0.25, 0.3) is 5.91 Å². The summed E-state index contributed by atoms with van der Waals surface area (Å²) < 4.78 is 0. The first kappa shape index (κ1) is 13.4. The summed E-state index contributed by atoms with van der Waals surface area (Å²) in [6, 6.07) is 3.91. The van der Waals surface area contributed by atoms with Gasteiger partial charge in [0.2, 0.25) is 0 Å². The molecular formula is C13H19NO3. The van der Waals surface area contributed by atoms with Crippen molar-refractivity contribution in [3.8, 4) is 11.5 Å². The zero-order valence-corrected chi connectivity index (χ0v) is 10.4. The van der Waals surface area contributed by atoms with Crippen LogP contribution in [0.5, 0.6) is 11.5 Å². The monoisotopic (exact) mass is 237 g/mol. The van der Waals surface area contributed by atoms with Crippen LogP contribution in [0.2, 0.25) is 0 Å². The third-order valence-corrected chi connectivity index (χ3v) is 2.37. The highest BCUT2D eigenvalue weighted by Crippen LogP contribution is 2.20. The number of hydrogen-bond acceptors (Lipinski definition) is 3. The van der Waals surface area contributed by atoms with Gasteiger partial charge in [-0.2, -0.15) is 0 Å². The maximum Gasteiger partial charge on any atom is 0.251 e. The summed E-state index contributed by atoms with van der Waals surface area (Å²) in [6.45, 7) is 6.10. The fourth-order valence-electron chi connectivity index (χ4n) is 1.80. The predicted molar refractivity (Wildman–Crippen MR) is 66.2 cm³/mol. The first-order chi connectivity index (χ1) is 7.88. The Hall–Kier alpha value is -1.71. The second-order valence-electron chi connectivity index (χ2n) is 4.74. The molecule has 94 valence electrons. The molecule has 0 spiro atoms. The minimum atomic E-state index is -0.288. The first-order valence-electron chi connectivity index (χ1n) is 5.72. The van der Waals surface area contributed by atoms with Crippen molar-refractivity contribution in [2.24, 2.45) is 5.92 Å². The maximum absolute atomic E-state index is 11.8. The number of phenols is 2. The lowest BCUT2D eigenvalue weighted by Gasteiger charge is -2.16. The van der Waals surface area contributed by atoms with Gasteiger partial charge in [-0.25, -0.2) is 0 Å². The van der Waals surface area contributed by atoms with Crippen molar-refractivity contribution in [1.29, 1.82) is 0 Å². The van der Waals surface area contributed by atoms with Crippen LogP contribution in [0.4, 0.5) is 0 Å². The Morgan fingerprint density at radius 1 is 1.18 bits per heavy atom. The molecule has 0 saturated carbocycles. The molecule has 0 radical (unpaired) electrons. The smallest absolute Gasteiger partial charge is 0.251 e. The number of phenolic OH excluding ortho intramolecular Hbond substituents is 2. The van der Waals surface area contributed by atoms with E-state index in [1.165, 1.54) is 18.2 Å². The lowest BCUT2D eigenvalue weighted by Crippen LogP contribution is -2.33. The molecule has 0 aliphatic rings. The van der Waals surface area contributed by atoms with Crippen LogP contribution in [-0.4, -0.2) is 22.2 Å². The van der Waals surface area contributed by atoms with E-state index < -0.39 is 0 Å². The van der Waals surface area contributed by atoms with Crippen molar-refractivity contribution in [1.82, 2.24) is 5.32 Å². The van der Waals surface area contributed by atoms with Gasteiger partial charge >= 0.3 is 0 Å². The van der Waals surface area contributed by atoms with Gasteiger partial charge in [0.05, 0.1) is 0 Å². The molecule has 0 aliphatic carbocycles. The molecule has 1 rings (SSSR count). The van der Waals surface area contributed by atoms with Crippen molar-refractivity contribution >= 4 is 5.91 Å². The lowest BCUT2D eigenvalue weighted by atomic mass is 10.0. The summed E-state index contributed by atoms with van der Waals surface area (Å²) in [5, 5.41) is 21.4. The van der Waals surface area contributed by atoms with Gasteiger partial charge in [-0.05, 0) is 31.4 Å². The minimum Gasteiger partial charge on any atom is -0.508 e. The standard InChI is InChI=1S/C13H19NO3/c1-8(2)4-9(3)14-13(17)10-5-11(15)7-12(16)6-10/h5-9,15-16H,4H2,1-3H3,(H,14,17). The second kappa shape index (κ2) is 5.57. The van der Waals surface area contributed by atoms with Crippen LogP contribution in [0.15, 0.2) is 18.2 Å². The number of carbonyl (C=O) groups excluding carboxylic acids is 1. The van der Waals surface area contributed by atoms with Crippen molar-refractivity contribution < 1.29 is 15.0 Å². The van der Waals surface area contributed by atoms with Crippen molar-refractivity contribution in [3.05, 3.63) is 23.8 Å². The van der Waals surface area contributed by atoms with Gasteiger partial charge in [-0.15, -0.1) is 0 Å². The van der Waals surface area contributed by atoms with E-state index in [0.29, 0.717) is 5.92 Å². The van der Waals surface area contributed by atoms with Crippen LogP contribution in [0.3, 0.4) is 0 Å². The normalized spacial score (nSPS) is 12.5. The fourth-order valence-corrected chi connectivity index (χ4v) is 1.80. The van der Waals surface area contributed by atoms with E-state index in [0.717, 1.165) is 6.42 Å². The molecule has 0 fully saturated rings. The molecule has 1 atom stereocenters. The highest BCUT2D eigenvalue weighted by atomic mass is 16.3. The molecule has 1 aromatic rings. The molecule has 0 bridgehead atoms. The number of benzene rings is 1. The molecular weight excluding hydrogens is 218 g/mol. The number of nitrogens with one attached hydrogen (secondary N) is 1. The topological polar surface area (TPSA) is 69.6 Å². The van der Waals surface area contributed by atoms with E-state index in [-0.39, 0.29) is 29.0 Å². The zero-order valence-electron chi connectivity index (χ0n) is 10.4. The molecule has 4 heteroatoms. The van der Waals surface area contributed by atoms with E-state index in [2.05, 4.69) is 19.2 Å². The Bertz CT molecular complexity index is 381. The molecule has 0 saturated heterocycles. The SMILES string of the molecule is CC(C)CC(C)NC(=O)c1cc(O)cc(O)c1. The summed E-state index contributed by atoms with van der Waals surface area (Å²) in [5.74, 6) is -0.0226. The van der Waals surface area contributed by atoms with E-state index in [9.17, 15) is 15.0 Å². The van der Waals surface area contributed by atoms with Gasteiger partial charge in [0.15, 0.2) is 0 Å². The molecule has 3 N–H and O–H groups in total. The Balaban J connectivity index is 2.69. The third kappa shape index (κ3) is 4.34. The molecule has 1 aromatic carbocycles. The Kier molecular flexibility index (Phi) is 4.37. The molecule has 0 aromatic heterocycles. The van der Waals surface area contributed by atoms with Crippen molar-refractivity contribution in [2.45, 2.75) is 33.2 Å². The predicted octanol–water partition coefficient (Wildman–Crippen LogP) is 2.26. The molecule has 1 unspecified atom stereocenters. The molecule has 4 nitrogen and oxygen atoms in total. The number of carbonyl (C=O) groups is 1. The average Bonchev–Trinajstić information content (AvgIpc) is 2.14. The highest BCUT2D eigenvalue weighted by molar-refractivity contribution is 5.95. The summed E-state index contributed by atoms with van der Waals surface area (Å²) >= 11 is 0. The fraction of sp³-hybridized carbons (Fsp3) is 0.462. The first-order valence-corrected chi connectivity index (χ1v) is 5.72. The van der Waals surface area contributed by atoms with Crippen LogP contribution >= 0.6 is 0 Å². The number of rotatable bonds is 4. The van der Waals surface area contributed by atoms with Gasteiger partial charge < -0.3 is 15.5 Å². The van der Waals surface area contributed by atoms with E-state index in [4.69, 9.17) is 0 Å². The average molecular weight is 237 g/mol. The minimum absolute atomic E-state index is 0.0620. The lowest BCUT2D eigenvalue weighted by molar-refractivity contribution is 0.0935. The quantitative estimate of drug-likeness (QED) is 0.752. The van der Waals surface area contributed by atoms with E-state index in [1.807, 2.05) is 6.92 Å². The van der Waals surface area contributed by atoms with Crippen LogP contribution < -0.4 is 5.32 Å². The highest BCUT2D eigenvalue weighted by Gasteiger charge is 2.12. The number of aromatic hydroxyl groups is 2. The van der Waals surface area contributed by atoms with Gasteiger partial charge in [-0.3, -0.25) is 4.79 Å². The largest absolute Gasteiger partial charge is 0.508 e. The molecule has 0 aliphatic heterocycles. The van der Waals surface area contributed by atoms with Gasteiger partial charge in [0, 0.05) is 17.7 Å². The Labute approximate surface area is 101 Å². The van der Waals surface area contributed by atoms with Crippen molar-refractivity contribution in [2.75, 3.05) is 0 Å². The Morgan fingerprint density at radius 3 is 2.18 bits per heavy atom. The van der Waals surface area contributed by atoms with Crippen LogP contribution in [-0.2, 0) is 0 Å². The maximum atomic E-state index is 11.8. The van der Waals surface area contributed by atoms with Crippen LogP contribution in [0, 0.1) is 5.92 Å². The number of amides is 1.